The lowest BCUT2D eigenvalue weighted by Gasteiger charge is -2.16. The molecular formula is C18H32N2O6. The molecule has 0 aliphatic heterocycles. The number of nitrogens with one attached hydrogen (secondary N) is 2. The molecule has 0 aromatic heterocycles. The molecule has 0 aromatic rings. The van der Waals surface area contributed by atoms with Crippen LogP contribution in [0.15, 0.2) is 0 Å². The summed E-state index contributed by atoms with van der Waals surface area (Å²) in [6.07, 6.45) is 5.38. The largest absolute Gasteiger partial charge is 0.481 e. The van der Waals surface area contributed by atoms with Crippen molar-refractivity contribution >= 4 is 23.8 Å². The van der Waals surface area contributed by atoms with E-state index < -0.39 is 17.9 Å². The third kappa shape index (κ3) is 13.2. The van der Waals surface area contributed by atoms with E-state index in [0.29, 0.717) is 64.5 Å². The second-order valence-electron chi connectivity index (χ2n) is 6.33. The standard InChI is InChI=1S/C18H32N2O6/c1-2-9-14(17(25)19-12-7-3-5-10-15(21)22)18(26)20-13-8-4-6-11-16(23)24/h14H,2-13H2,1H3,(H,19,25)(H,20,26)(H,21,22)(H,23,24). The van der Waals surface area contributed by atoms with E-state index in [1.807, 2.05) is 6.92 Å². The molecule has 0 fully saturated rings. The highest BCUT2D eigenvalue weighted by Gasteiger charge is 2.24. The minimum Gasteiger partial charge on any atom is -0.481 e. The van der Waals surface area contributed by atoms with Crippen molar-refractivity contribution in [2.45, 2.75) is 71.1 Å². The Balaban J connectivity index is 4.02. The molecule has 0 saturated carbocycles. The molecule has 150 valence electrons. The zero-order chi connectivity index (χ0) is 19.8. The number of carboxylic acids is 2. The van der Waals surface area contributed by atoms with Crippen molar-refractivity contribution < 1.29 is 29.4 Å². The van der Waals surface area contributed by atoms with E-state index in [9.17, 15) is 19.2 Å². The van der Waals surface area contributed by atoms with Gasteiger partial charge in [0.2, 0.25) is 11.8 Å². The van der Waals surface area contributed by atoms with E-state index in [4.69, 9.17) is 10.2 Å². The topological polar surface area (TPSA) is 133 Å². The van der Waals surface area contributed by atoms with Crippen LogP contribution in [-0.2, 0) is 19.2 Å². The van der Waals surface area contributed by atoms with Crippen LogP contribution < -0.4 is 10.6 Å². The monoisotopic (exact) mass is 372 g/mol. The van der Waals surface area contributed by atoms with Crippen molar-refractivity contribution in [3.05, 3.63) is 0 Å². The summed E-state index contributed by atoms with van der Waals surface area (Å²) in [7, 11) is 0. The quantitative estimate of drug-likeness (QED) is 0.242. The molecular weight excluding hydrogens is 340 g/mol. The number of hydrogen-bond acceptors (Lipinski definition) is 4. The summed E-state index contributed by atoms with van der Waals surface area (Å²) in [4.78, 5) is 45.2. The van der Waals surface area contributed by atoms with Gasteiger partial charge in [-0.25, -0.2) is 0 Å². The summed E-state index contributed by atoms with van der Waals surface area (Å²) in [6, 6.07) is 0. The minimum atomic E-state index is -0.823. The third-order valence-electron chi connectivity index (χ3n) is 3.94. The molecule has 0 atom stereocenters. The molecule has 0 unspecified atom stereocenters. The van der Waals surface area contributed by atoms with E-state index in [1.165, 1.54) is 0 Å². The predicted octanol–water partition coefficient (Wildman–Crippen LogP) is 1.93. The second kappa shape index (κ2) is 15.2. The lowest BCUT2D eigenvalue weighted by atomic mass is 10.0. The van der Waals surface area contributed by atoms with Crippen LogP contribution in [0.5, 0.6) is 0 Å². The van der Waals surface area contributed by atoms with Crippen molar-refractivity contribution in [2.75, 3.05) is 13.1 Å². The van der Waals surface area contributed by atoms with Crippen LogP contribution in [0.25, 0.3) is 0 Å². The maximum Gasteiger partial charge on any atom is 0.303 e. The van der Waals surface area contributed by atoms with Crippen LogP contribution in [0.3, 0.4) is 0 Å². The van der Waals surface area contributed by atoms with Gasteiger partial charge in [-0.2, -0.15) is 0 Å². The first kappa shape index (κ1) is 23.9. The molecule has 0 aromatic carbocycles. The summed E-state index contributed by atoms with van der Waals surface area (Å²) in [5.74, 6) is -2.96. The van der Waals surface area contributed by atoms with E-state index in [1.54, 1.807) is 0 Å². The SMILES string of the molecule is CCCC(C(=O)NCCCCCC(=O)O)C(=O)NCCCCCC(=O)O. The number of carbonyl (C=O) groups is 4. The van der Waals surface area contributed by atoms with Crippen molar-refractivity contribution in [3.63, 3.8) is 0 Å². The third-order valence-corrected chi connectivity index (χ3v) is 3.94. The Bertz CT molecular complexity index is 415. The van der Waals surface area contributed by atoms with Crippen molar-refractivity contribution in [2.24, 2.45) is 5.92 Å². The Kier molecular flexibility index (Phi) is 13.9. The average Bonchev–Trinajstić information content (AvgIpc) is 2.57. The molecule has 8 heteroatoms. The second-order valence-corrected chi connectivity index (χ2v) is 6.33. The smallest absolute Gasteiger partial charge is 0.303 e. The number of hydrogen-bond donors (Lipinski definition) is 4. The molecule has 8 nitrogen and oxygen atoms in total. The van der Waals surface area contributed by atoms with Gasteiger partial charge >= 0.3 is 11.9 Å². The number of aliphatic carboxylic acids is 2. The molecule has 0 rings (SSSR count). The summed E-state index contributed by atoms with van der Waals surface area (Å²) in [5.41, 5.74) is 0. The molecule has 2 amide bonds. The Morgan fingerprint density at radius 2 is 1.15 bits per heavy atom. The highest BCUT2D eigenvalue weighted by Crippen LogP contribution is 2.08. The average molecular weight is 372 g/mol. The number of carboxylic acid groups (broad SMARTS) is 2. The van der Waals surface area contributed by atoms with E-state index in [0.717, 1.165) is 0 Å². The van der Waals surface area contributed by atoms with Crippen LogP contribution in [0.1, 0.15) is 71.1 Å². The Morgan fingerprint density at radius 1 is 0.731 bits per heavy atom. The molecule has 0 spiro atoms. The number of unbranched alkanes of at least 4 members (excludes halogenated alkanes) is 4. The number of carbonyl (C=O) groups excluding carboxylic acids is 2. The van der Waals surface area contributed by atoms with Gasteiger partial charge in [-0.15, -0.1) is 0 Å². The highest BCUT2D eigenvalue weighted by molar-refractivity contribution is 6.00. The van der Waals surface area contributed by atoms with E-state index in [2.05, 4.69) is 10.6 Å². The van der Waals surface area contributed by atoms with Gasteiger partial charge in [-0.3, -0.25) is 19.2 Å². The lowest BCUT2D eigenvalue weighted by molar-refractivity contribution is -0.138. The summed E-state index contributed by atoms with van der Waals surface area (Å²) < 4.78 is 0. The van der Waals surface area contributed by atoms with E-state index in [-0.39, 0.29) is 24.7 Å². The maximum atomic E-state index is 12.2. The van der Waals surface area contributed by atoms with Crippen LogP contribution in [-0.4, -0.2) is 47.1 Å². The van der Waals surface area contributed by atoms with Crippen LogP contribution >= 0.6 is 0 Å². The van der Waals surface area contributed by atoms with Crippen LogP contribution in [0.2, 0.25) is 0 Å². The molecule has 0 saturated heterocycles. The molecule has 0 aliphatic rings. The van der Waals surface area contributed by atoms with E-state index >= 15 is 0 Å². The molecule has 4 N–H and O–H groups in total. The lowest BCUT2D eigenvalue weighted by Crippen LogP contribution is -2.41. The fraction of sp³-hybridized carbons (Fsp3) is 0.778. The zero-order valence-corrected chi connectivity index (χ0v) is 15.6. The predicted molar refractivity (Wildman–Crippen MR) is 96.6 cm³/mol. The summed E-state index contributed by atoms with van der Waals surface area (Å²) >= 11 is 0. The van der Waals surface area contributed by atoms with Crippen LogP contribution in [0.4, 0.5) is 0 Å². The van der Waals surface area contributed by atoms with Gasteiger partial charge in [0.15, 0.2) is 0 Å². The van der Waals surface area contributed by atoms with Crippen molar-refractivity contribution in [1.82, 2.24) is 10.6 Å². The maximum absolute atomic E-state index is 12.2. The normalized spacial score (nSPS) is 10.5. The minimum absolute atomic E-state index is 0.126. The van der Waals surface area contributed by atoms with Crippen LogP contribution in [0, 0.1) is 5.92 Å². The Morgan fingerprint density at radius 3 is 1.50 bits per heavy atom. The molecule has 0 bridgehead atoms. The van der Waals surface area contributed by atoms with Gasteiger partial charge in [0.25, 0.3) is 0 Å². The Hall–Kier alpha value is -2.12. The summed E-state index contributed by atoms with van der Waals surface area (Å²) in [5, 5.41) is 22.6. The molecule has 0 heterocycles. The number of amides is 2. The Labute approximate surface area is 154 Å². The zero-order valence-electron chi connectivity index (χ0n) is 15.6. The highest BCUT2D eigenvalue weighted by atomic mass is 16.4. The fourth-order valence-electron chi connectivity index (χ4n) is 2.50. The molecule has 0 aliphatic carbocycles. The van der Waals surface area contributed by atoms with Gasteiger partial charge in [-0.05, 0) is 32.1 Å². The molecule has 26 heavy (non-hydrogen) atoms. The molecule has 0 radical (unpaired) electrons. The van der Waals surface area contributed by atoms with Gasteiger partial charge in [0, 0.05) is 25.9 Å². The fourth-order valence-corrected chi connectivity index (χ4v) is 2.50. The van der Waals surface area contributed by atoms with Crippen molar-refractivity contribution in [3.8, 4) is 0 Å². The first-order chi connectivity index (χ1) is 12.4. The van der Waals surface area contributed by atoms with Gasteiger partial charge < -0.3 is 20.8 Å². The first-order valence-electron chi connectivity index (χ1n) is 9.37. The summed E-state index contributed by atoms with van der Waals surface area (Å²) in [6.45, 7) is 2.77. The van der Waals surface area contributed by atoms with Gasteiger partial charge in [0.05, 0.1) is 0 Å². The van der Waals surface area contributed by atoms with Gasteiger partial charge in [-0.1, -0.05) is 26.2 Å². The van der Waals surface area contributed by atoms with Gasteiger partial charge in [0.1, 0.15) is 5.92 Å². The number of rotatable bonds is 16. The van der Waals surface area contributed by atoms with Crippen molar-refractivity contribution in [1.29, 1.82) is 0 Å². The first-order valence-corrected chi connectivity index (χ1v) is 9.37.